The van der Waals surface area contributed by atoms with Crippen LogP contribution in [0.4, 0.5) is 0 Å². The lowest BCUT2D eigenvalue weighted by Gasteiger charge is -2.30. The average molecular weight is 156 g/mol. The smallest absolute Gasteiger partial charge is 0.0947 e. The molecule has 0 aromatic rings. The fourth-order valence-corrected chi connectivity index (χ4v) is 1.66. The van der Waals surface area contributed by atoms with Crippen LogP contribution in [0.3, 0.4) is 0 Å². The molecule has 3 unspecified atom stereocenters. The Kier molecular flexibility index (Phi) is 1.83. The second-order valence-corrected chi connectivity index (χ2v) is 5.03. The third kappa shape index (κ3) is 1.44. The molecule has 0 spiro atoms. The van der Waals surface area contributed by atoms with Crippen LogP contribution in [0.2, 0.25) is 0 Å². The van der Waals surface area contributed by atoms with E-state index in [4.69, 9.17) is 4.74 Å². The molecule has 1 saturated heterocycles. The summed E-state index contributed by atoms with van der Waals surface area (Å²) >= 11 is 0. The van der Waals surface area contributed by atoms with Crippen LogP contribution in [0.25, 0.3) is 0 Å². The molecule has 0 amide bonds. The summed E-state index contributed by atoms with van der Waals surface area (Å²) < 4.78 is 5.59. The molecular formula is C10H20O. The normalized spacial score (nSPS) is 40.4. The zero-order valence-electron chi connectivity index (χ0n) is 8.56. The maximum absolute atomic E-state index is 5.59. The van der Waals surface area contributed by atoms with E-state index in [1.807, 2.05) is 0 Å². The molecular weight excluding hydrogens is 136 g/mol. The first-order chi connectivity index (χ1) is 4.78. The topological polar surface area (TPSA) is 12.5 Å². The molecule has 11 heavy (non-hydrogen) atoms. The zero-order chi connectivity index (χ0) is 8.86. The van der Waals surface area contributed by atoms with E-state index in [0.29, 0.717) is 17.4 Å². The summed E-state index contributed by atoms with van der Waals surface area (Å²) in [7, 11) is 0. The highest BCUT2D eigenvalue weighted by atomic mass is 16.6. The van der Waals surface area contributed by atoms with Gasteiger partial charge in [0.25, 0.3) is 0 Å². The van der Waals surface area contributed by atoms with Gasteiger partial charge in [0.15, 0.2) is 0 Å². The van der Waals surface area contributed by atoms with Crippen molar-refractivity contribution in [2.75, 3.05) is 0 Å². The molecule has 1 rings (SSSR count). The molecule has 1 aliphatic rings. The van der Waals surface area contributed by atoms with Crippen molar-refractivity contribution in [1.82, 2.24) is 0 Å². The fraction of sp³-hybridized carbons (Fsp3) is 1.00. The van der Waals surface area contributed by atoms with Crippen LogP contribution in [-0.2, 0) is 4.74 Å². The maximum atomic E-state index is 5.59. The SMILES string of the molecule is CC1OC1(C)C(C)C(C)(C)C. The quantitative estimate of drug-likeness (QED) is 0.532. The number of hydrogen-bond acceptors (Lipinski definition) is 1. The Morgan fingerprint density at radius 1 is 1.36 bits per heavy atom. The Balaban J connectivity index is 2.63. The Labute approximate surface area is 70.1 Å². The van der Waals surface area contributed by atoms with Gasteiger partial charge < -0.3 is 4.74 Å². The molecule has 0 saturated carbocycles. The third-order valence-corrected chi connectivity index (χ3v) is 3.34. The standard InChI is InChI=1S/C10H20O/c1-7(9(3,4)5)10(6)8(2)11-10/h7-8H,1-6H3. The molecule has 0 aromatic heterocycles. The largest absolute Gasteiger partial charge is 0.366 e. The number of hydrogen-bond donors (Lipinski definition) is 0. The Morgan fingerprint density at radius 3 is 1.82 bits per heavy atom. The molecule has 1 heterocycles. The van der Waals surface area contributed by atoms with E-state index in [-0.39, 0.29) is 5.60 Å². The fourth-order valence-electron chi connectivity index (χ4n) is 1.66. The van der Waals surface area contributed by atoms with Gasteiger partial charge in [0.05, 0.1) is 11.7 Å². The van der Waals surface area contributed by atoms with Gasteiger partial charge in [0.2, 0.25) is 0 Å². The van der Waals surface area contributed by atoms with Crippen molar-refractivity contribution in [2.24, 2.45) is 11.3 Å². The van der Waals surface area contributed by atoms with Crippen molar-refractivity contribution in [3.05, 3.63) is 0 Å². The van der Waals surface area contributed by atoms with Gasteiger partial charge in [-0.2, -0.15) is 0 Å². The summed E-state index contributed by atoms with van der Waals surface area (Å²) in [5, 5.41) is 0. The minimum absolute atomic E-state index is 0.151. The highest BCUT2D eigenvalue weighted by molar-refractivity contribution is 5.03. The molecule has 0 bridgehead atoms. The molecule has 0 aromatic carbocycles. The zero-order valence-corrected chi connectivity index (χ0v) is 8.56. The van der Waals surface area contributed by atoms with Gasteiger partial charge in [-0.25, -0.2) is 0 Å². The van der Waals surface area contributed by atoms with Crippen molar-refractivity contribution < 1.29 is 4.74 Å². The summed E-state index contributed by atoms with van der Waals surface area (Å²) in [6.45, 7) is 13.5. The van der Waals surface area contributed by atoms with Gasteiger partial charge in [-0.3, -0.25) is 0 Å². The van der Waals surface area contributed by atoms with Gasteiger partial charge in [-0.15, -0.1) is 0 Å². The molecule has 1 fully saturated rings. The summed E-state index contributed by atoms with van der Waals surface area (Å²) in [5.41, 5.74) is 0.512. The Hall–Kier alpha value is -0.0400. The van der Waals surface area contributed by atoms with Gasteiger partial charge in [-0.05, 0) is 25.2 Å². The van der Waals surface area contributed by atoms with E-state index in [9.17, 15) is 0 Å². The monoisotopic (exact) mass is 156 g/mol. The molecule has 0 aliphatic carbocycles. The van der Waals surface area contributed by atoms with E-state index in [0.717, 1.165) is 0 Å². The van der Waals surface area contributed by atoms with Crippen molar-refractivity contribution in [1.29, 1.82) is 0 Å². The van der Waals surface area contributed by atoms with Gasteiger partial charge in [0, 0.05) is 0 Å². The molecule has 3 atom stereocenters. The Morgan fingerprint density at radius 2 is 1.73 bits per heavy atom. The van der Waals surface area contributed by atoms with Crippen molar-refractivity contribution >= 4 is 0 Å². The van der Waals surface area contributed by atoms with Crippen LogP contribution in [-0.4, -0.2) is 11.7 Å². The minimum atomic E-state index is 0.151. The number of rotatable bonds is 1. The first-order valence-electron chi connectivity index (χ1n) is 4.46. The van der Waals surface area contributed by atoms with E-state index in [2.05, 4.69) is 41.5 Å². The van der Waals surface area contributed by atoms with Gasteiger partial charge >= 0.3 is 0 Å². The van der Waals surface area contributed by atoms with Gasteiger partial charge in [0.1, 0.15) is 0 Å². The lowest BCUT2D eigenvalue weighted by molar-refractivity contribution is 0.139. The highest BCUT2D eigenvalue weighted by Crippen LogP contribution is 2.49. The molecule has 0 N–H and O–H groups in total. The Bertz CT molecular complexity index is 157. The molecule has 1 nitrogen and oxygen atoms in total. The average Bonchev–Trinajstić information content (AvgIpc) is 2.38. The summed E-state index contributed by atoms with van der Waals surface area (Å²) in [6, 6.07) is 0. The third-order valence-electron chi connectivity index (χ3n) is 3.34. The van der Waals surface area contributed by atoms with E-state index >= 15 is 0 Å². The van der Waals surface area contributed by atoms with Crippen LogP contribution in [0, 0.1) is 11.3 Å². The highest BCUT2D eigenvalue weighted by Gasteiger charge is 2.55. The molecule has 1 aliphatic heterocycles. The van der Waals surface area contributed by atoms with E-state index < -0.39 is 0 Å². The van der Waals surface area contributed by atoms with Crippen LogP contribution in [0.5, 0.6) is 0 Å². The molecule has 66 valence electrons. The van der Waals surface area contributed by atoms with Gasteiger partial charge in [-0.1, -0.05) is 27.7 Å². The summed E-state index contributed by atoms with van der Waals surface area (Å²) in [5.74, 6) is 0.630. The second-order valence-electron chi connectivity index (χ2n) is 5.03. The van der Waals surface area contributed by atoms with Crippen LogP contribution in [0.1, 0.15) is 41.5 Å². The predicted molar refractivity (Wildman–Crippen MR) is 47.6 cm³/mol. The lowest BCUT2D eigenvalue weighted by Crippen LogP contribution is -2.31. The van der Waals surface area contributed by atoms with Crippen molar-refractivity contribution in [3.63, 3.8) is 0 Å². The summed E-state index contributed by atoms with van der Waals surface area (Å²) in [4.78, 5) is 0. The summed E-state index contributed by atoms with van der Waals surface area (Å²) in [6.07, 6.45) is 0.455. The van der Waals surface area contributed by atoms with Crippen LogP contribution < -0.4 is 0 Å². The number of ether oxygens (including phenoxy) is 1. The lowest BCUT2D eigenvalue weighted by atomic mass is 9.74. The second kappa shape index (κ2) is 2.22. The van der Waals surface area contributed by atoms with Crippen LogP contribution >= 0.6 is 0 Å². The molecule has 0 radical (unpaired) electrons. The first kappa shape index (κ1) is 9.05. The van der Waals surface area contributed by atoms with E-state index in [1.54, 1.807) is 0 Å². The van der Waals surface area contributed by atoms with Crippen molar-refractivity contribution in [3.8, 4) is 0 Å². The first-order valence-corrected chi connectivity index (χ1v) is 4.46. The maximum Gasteiger partial charge on any atom is 0.0947 e. The molecule has 1 heteroatoms. The minimum Gasteiger partial charge on any atom is -0.366 e. The van der Waals surface area contributed by atoms with Crippen molar-refractivity contribution in [2.45, 2.75) is 53.2 Å². The van der Waals surface area contributed by atoms with Crippen LogP contribution in [0.15, 0.2) is 0 Å². The number of epoxide rings is 1. The van der Waals surface area contributed by atoms with E-state index in [1.165, 1.54) is 0 Å². The predicted octanol–water partition coefficient (Wildman–Crippen LogP) is 2.85.